The zero-order valence-electron chi connectivity index (χ0n) is 12.4. The maximum atomic E-state index is 4.09. The standard InChI is InChI=1S/C15H22N6/c1-2-20-10-8-13(9-11-20)12-16-15-17-18-19-21(15)14-6-4-3-5-7-14/h3-7,13H,2,8-12H2,1H3,(H,16,17,19). The highest BCUT2D eigenvalue weighted by atomic mass is 15.6. The third-order valence-electron chi connectivity index (χ3n) is 4.17. The number of hydrogen-bond donors (Lipinski definition) is 1. The summed E-state index contributed by atoms with van der Waals surface area (Å²) in [5.41, 5.74) is 0.978. The van der Waals surface area contributed by atoms with Gasteiger partial charge in [0, 0.05) is 6.54 Å². The number of rotatable bonds is 5. The summed E-state index contributed by atoms with van der Waals surface area (Å²) in [6.45, 7) is 6.72. The summed E-state index contributed by atoms with van der Waals surface area (Å²) < 4.78 is 1.75. The van der Waals surface area contributed by atoms with Gasteiger partial charge in [0.25, 0.3) is 0 Å². The van der Waals surface area contributed by atoms with E-state index < -0.39 is 0 Å². The van der Waals surface area contributed by atoms with Crippen molar-refractivity contribution in [3.63, 3.8) is 0 Å². The molecule has 6 heteroatoms. The molecule has 2 heterocycles. The van der Waals surface area contributed by atoms with Gasteiger partial charge in [0.15, 0.2) is 0 Å². The number of piperidine rings is 1. The van der Waals surface area contributed by atoms with Crippen molar-refractivity contribution in [3.05, 3.63) is 30.3 Å². The first kappa shape index (κ1) is 14.0. The van der Waals surface area contributed by atoms with Crippen molar-refractivity contribution in [2.45, 2.75) is 19.8 Å². The van der Waals surface area contributed by atoms with Crippen LogP contribution in [0.3, 0.4) is 0 Å². The Morgan fingerprint density at radius 2 is 1.95 bits per heavy atom. The van der Waals surface area contributed by atoms with E-state index in [9.17, 15) is 0 Å². The lowest BCUT2D eigenvalue weighted by Gasteiger charge is -2.31. The lowest BCUT2D eigenvalue weighted by Crippen LogP contribution is -2.35. The number of nitrogens with one attached hydrogen (secondary N) is 1. The van der Waals surface area contributed by atoms with Crippen LogP contribution < -0.4 is 5.32 Å². The van der Waals surface area contributed by atoms with Crippen LogP contribution in [0.2, 0.25) is 0 Å². The number of nitrogens with zero attached hydrogens (tertiary/aromatic N) is 5. The zero-order chi connectivity index (χ0) is 14.5. The Kier molecular flexibility index (Phi) is 4.45. The SMILES string of the molecule is CCN1CCC(CNc2nnnn2-c2ccccc2)CC1. The van der Waals surface area contributed by atoms with Gasteiger partial charge < -0.3 is 10.2 Å². The van der Waals surface area contributed by atoms with Gasteiger partial charge in [-0.1, -0.05) is 30.2 Å². The number of hydrogen-bond acceptors (Lipinski definition) is 5. The van der Waals surface area contributed by atoms with Gasteiger partial charge in [-0.15, -0.1) is 0 Å². The maximum Gasteiger partial charge on any atom is 0.247 e. The topological polar surface area (TPSA) is 58.9 Å². The molecule has 1 N–H and O–H groups in total. The number of benzene rings is 1. The van der Waals surface area contributed by atoms with Gasteiger partial charge in [0.2, 0.25) is 5.95 Å². The summed E-state index contributed by atoms with van der Waals surface area (Å²) >= 11 is 0. The number of para-hydroxylation sites is 1. The molecule has 1 aliphatic rings. The predicted octanol–water partition coefficient (Wildman–Crippen LogP) is 1.81. The lowest BCUT2D eigenvalue weighted by molar-refractivity contribution is 0.198. The normalized spacial score (nSPS) is 17.0. The second kappa shape index (κ2) is 6.67. The lowest BCUT2D eigenvalue weighted by atomic mass is 9.97. The molecule has 112 valence electrons. The highest BCUT2D eigenvalue weighted by Crippen LogP contribution is 2.18. The van der Waals surface area contributed by atoms with Gasteiger partial charge in [0.05, 0.1) is 5.69 Å². The molecule has 1 fully saturated rings. The largest absolute Gasteiger partial charge is 0.352 e. The van der Waals surface area contributed by atoms with E-state index in [2.05, 4.69) is 32.7 Å². The molecule has 1 aromatic carbocycles. The fraction of sp³-hybridized carbons (Fsp3) is 0.533. The molecule has 1 aliphatic heterocycles. The number of anilines is 1. The van der Waals surface area contributed by atoms with Gasteiger partial charge in [-0.2, -0.15) is 4.68 Å². The Labute approximate surface area is 125 Å². The molecule has 1 saturated heterocycles. The van der Waals surface area contributed by atoms with E-state index >= 15 is 0 Å². The van der Waals surface area contributed by atoms with Crippen LogP contribution in [0.25, 0.3) is 5.69 Å². The van der Waals surface area contributed by atoms with Gasteiger partial charge >= 0.3 is 0 Å². The Balaban J connectivity index is 1.58. The van der Waals surface area contributed by atoms with Gasteiger partial charge in [-0.05, 0) is 61.0 Å². The van der Waals surface area contributed by atoms with Crippen LogP contribution in [0.1, 0.15) is 19.8 Å². The van der Waals surface area contributed by atoms with E-state index in [1.54, 1.807) is 4.68 Å². The van der Waals surface area contributed by atoms with E-state index in [-0.39, 0.29) is 0 Å². The van der Waals surface area contributed by atoms with E-state index in [0.29, 0.717) is 5.92 Å². The monoisotopic (exact) mass is 286 g/mol. The Morgan fingerprint density at radius 3 is 2.67 bits per heavy atom. The first-order valence-electron chi connectivity index (χ1n) is 7.67. The van der Waals surface area contributed by atoms with Gasteiger partial charge in [0.1, 0.15) is 0 Å². The van der Waals surface area contributed by atoms with Crippen molar-refractivity contribution in [2.75, 3.05) is 31.5 Å². The fourth-order valence-electron chi connectivity index (χ4n) is 2.78. The summed E-state index contributed by atoms with van der Waals surface area (Å²) in [5.74, 6) is 1.42. The highest BCUT2D eigenvalue weighted by molar-refractivity contribution is 5.38. The van der Waals surface area contributed by atoms with Crippen molar-refractivity contribution < 1.29 is 0 Å². The van der Waals surface area contributed by atoms with Crippen LogP contribution in [0, 0.1) is 5.92 Å². The number of tetrazole rings is 1. The predicted molar refractivity (Wildman–Crippen MR) is 82.5 cm³/mol. The molecule has 21 heavy (non-hydrogen) atoms. The first-order chi connectivity index (χ1) is 10.4. The molecule has 3 rings (SSSR count). The minimum Gasteiger partial charge on any atom is -0.352 e. The summed E-state index contributed by atoms with van der Waals surface area (Å²) in [5, 5.41) is 15.3. The van der Waals surface area contributed by atoms with E-state index in [1.807, 2.05) is 30.3 Å². The summed E-state index contributed by atoms with van der Waals surface area (Å²) in [6.07, 6.45) is 2.49. The Bertz CT molecular complexity index is 544. The van der Waals surface area contributed by atoms with Crippen LogP contribution in [0.4, 0.5) is 5.95 Å². The second-order valence-electron chi connectivity index (χ2n) is 5.51. The summed E-state index contributed by atoms with van der Waals surface area (Å²) in [4.78, 5) is 2.50. The van der Waals surface area contributed by atoms with Crippen molar-refractivity contribution in [1.29, 1.82) is 0 Å². The smallest absolute Gasteiger partial charge is 0.247 e. The molecular weight excluding hydrogens is 264 g/mol. The highest BCUT2D eigenvalue weighted by Gasteiger charge is 2.18. The van der Waals surface area contributed by atoms with Crippen molar-refractivity contribution in [2.24, 2.45) is 5.92 Å². The van der Waals surface area contributed by atoms with Crippen LogP contribution in [0.15, 0.2) is 30.3 Å². The zero-order valence-corrected chi connectivity index (χ0v) is 12.4. The van der Waals surface area contributed by atoms with E-state index in [1.165, 1.54) is 25.9 Å². The molecule has 0 atom stereocenters. The third kappa shape index (κ3) is 3.39. The number of likely N-dealkylation sites (tertiary alicyclic amines) is 1. The molecular formula is C15H22N6. The molecule has 2 aromatic rings. The van der Waals surface area contributed by atoms with Crippen molar-refractivity contribution in [1.82, 2.24) is 25.1 Å². The van der Waals surface area contributed by atoms with E-state index in [4.69, 9.17) is 0 Å². The number of aromatic nitrogens is 4. The molecule has 0 radical (unpaired) electrons. The third-order valence-corrected chi connectivity index (χ3v) is 4.17. The quantitative estimate of drug-likeness (QED) is 0.908. The molecule has 0 amide bonds. The summed E-state index contributed by atoms with van der Waals surface area (Å²) in [7, 11) is 0. The average Bonchev–Trinajstić information content (AvgIpc) is 3.03. The molecule has 1 aromatic heterocycles. The Hall–Kier alpha value is -1.95. The van der Waals surface area contributed by atoms with Gasteiger partial charge in [-0.25, -0.2) is 0 Å². The molecule has 6 nitrogen and oxygen atoms in total. The van der Waals surface area contributed by atoms with Crippen LogP contribution in [0.5, 0.6) is 0 Å². The van der Waals surface area contributed by atoms with Crippen LogP contribution in [-0.4, -0.2) is 51.3 Å². The van der Waals surface area contributed by atoms with Gasteiger partial charge in [-0.3, -0.25) is 0 Å². The second-order valence-corrected chi connectivity index (χ2v) is 5.51. The molecule has 0 bridgehead atoms. The van der Waals surface area contributed by atoms with Crippen molar-refractivity contribution in [3.8, 4) is 5.69 Å². The fourth-order valence-corrected chi connectivity index (χ4v) is 2.78. The molecule has 0 saturated carbocycles. The van der Waals surface area contributed by atoms with Crippen LogP contribution >= 0.6 is 0 Å². The summed E-state index contributed by atoms with van der Waals surface area (Å²) in [6, 6.07) is 9.97. The first-order valence-corrected chi connectivity index (χ1v) is 7.67. The maximum absolute atomic E-state index is 4.09. The van der Waals surface area contributed by atoms with Crippen LogP contribution in [-0.2, 0) is 0 Å². The average molecular weight is 286 g/mol. The van der Waals surface area contributed by atoms with Crippen molar-refractivity contribution >= 4 is 5.95 Å². The Morgan fingerprint density at radius 1 is 1.19 bits per heavy atom. The van der Waals surface area contributed by atoms with E-state index in [0.717, 1.165) is 24.7 Å². The molecule has 0 unspecified atom stereocenters. The molecule has 0 aliphatic carbocycles. The molecule has 0 spiro atoms. The minimum atomic E-state index is 0.703. The minimum absolute atomic E-state index is 0.703.